The molecule has 2 N–H and O–H groups in total. The molecular formula is C7H12N4O. The van der Waals surface area contributed by atoms with E-state index in [9.17, 15) is 4.79 Å². The average molecular weight is 168 g/mol. The first-order chi connectivity index (χ1) is 5.74. The van der Waals surface area contributed by atoms with Crippen molar-refractivity contribution in [1.82, 2.24) is 15.2 Å². The molecule has 0 bridgehead atoms. The average Bonchev–Trinajstić information content (AvgIpc) is 2.07. The van der Waals surface area contributed by atoms with E-state index in [-0.39, 0.29) is 0 Å². The molecule has 1 heterocycles. The van der Waals surface area contributed by atoms with Gasteiger partial charge in [-0.3, -0.25) is 0 Å². The third kappa shape index (κ3) is 2.05. The van der Waals surface area contributed by atoms with Crippen LogP contribution < -0.4 is 11.0 Å². The van der Waals surface area contributed by atoms with Crippen LogP contribution in [0.4, 0.5) is 5.82 Å². The number of aryl methyl sites for hydroxylation is 1. The number of aromatic nitrogens is 3. The predicted octanol–water partition coefficient (Wildman–Crippen LogP) is 0.295. The van der Waals surface area contributed by atoms with Crippen molar-refractivity contribution in [3.63, 3.8) is 0 Å². The molecule has 1 aromatic rings. The van der Waals surface area contributed by atoms with Crippen LogP contribution in [-0.4, -0.2) is 21.7 Å². The Kier molecular flexibility index (Phi) is 2.79. The van der Waals surface area contributed by atoms with Gasteiger partial charge in [0, 0.05) is 6.54 Å². The van der Waals surface area contributed by atoms with Crippen LogP contribution in [0.25, 0.3) is 0 Å². The smallest absolute Gasteiger partial charge is 0.363 e. The van der Waals surface area contributed by atoms with Crippen LogP contribution in [0.2, 0.25) is 0 Å². The largest absolute Gasteiger partial charge is 0.368 e. The van der Waals surface area contributed by atoms with Gasteiger partial charge in [-0.1, -0.05) is 6.92 Å². The summed E-state index contributed by atoms with van der Waals surface area (Å²) in [5, 5.41) is 9.04. The molecule has 0 aliphatic heterocycles. The van der Waals surface area contributed by atoms with Crippen LogP contribution in [0, 0.1) is 6.92 Å². The Morgan fingerprint density at radius 1 is 1.58 bits per heavy atom. The number of nitrogens with one attached hydrogen (secondary N) is 2. The minimum Gasteiger partial charge on any atom is -0.368 e. The molecule has 66 valence electrons. The molecule has 5 nitrogen and oxygen atoms in total. The van der Waals surface area contributed by atoms with Crippen molar-refractivity contribution in [2.24, 2.45) is 0 Å². The lowest BCUT2D eigenvalue weighted by Gasteiger charge is -2.03. The number of anilines is 1. The first-order valence-electron chi connectivity index (χ1n) is 3.91. The second kappa shape index (κ2) is 3.85. The van der Waals surface area contributed by atoms with E-state index in [1.54, 1.807) is 6.92 Å². The fourth-order valence-corrected chi connectivity index (χ4v) is 0.803. The number of aromatic amines is 1. The third-order valence-corrected chi connectivity index (χ3v) is 1.42. The minimum atomic E-state index is -0.417. The Balaban J connectivity index is 2.82. The Labute approximate surface area is 70.2 Å². The summed E-state index contributed by atoms with van der Waals surface area (Å²) in [5.74, 6) is 0.570. The molecule has 0 saturated heterocycles. The molecule has 0 atom stereocenters. The lowest BCUT2D eigenvalue weighted by molar-refractivity contribution is 0.866. The highest BCUT2D eigenvalue weighted by Gasteiger charge is 1.99. The zero-order chi connectivity index (χ0) is 8.97. The van der Waals surface area contributed by atoms with Gasteiger partial charge in [0.25, 0.3) is 0 Å². The van der Waals surface area contributed by atoms with Gasteiger partial charge in [0.2, 0.25) is 0 Å². The van der Waals surface area contributed by atoms with Gasteiger partial charge >= 0.3 is 5.69 Å². The summed E-state index contributed by atoms with van der Waals surface area (Å²) in [6.45, 7) is 4.64. The van der Waals surface area contributed by atoms with Gasteiger partial charge in [-0.05, 0) is 13.3 Å². The van der Waals surface area contributed by atoms with Crippen molar-refractivity contribution < 1.29 is 0 Å². The highest BCUT2D eigenvalue weighted by molar-refractivity contribution is 5.36. The van der Waals surface area contributed by atoms with Crippen LogP contribution in [0.1, 0.15) is 19.0 Å². The quantitative estimate of drug-likeness (QED) is 0.680. The highest BCUT2D eigenvalue weighted by atomic mass is 16.1. The maximum Gasteiger partial charge on any atom is 0.363 e. The zero-order valence-corrected chi connectivity index (χ0v) is 7.22. The van der Waals surface area contributed by atoms with Crippen LogP contribution in [-0.2, 0) is 0 Å². The molecular weight excluding hydrogens is 156 g/mol. The van der Waals surface area contributed by atoms with Crippen molar-refractivity contribution in [3.8, 4) is 0 Å². The molecule has 0 aliphatic carbocycles. The highest BCUT2D eigenvalue weighted by Crippen LogP contribution is 2.02. The van der Waals surface area contributed by atoms with Crippen molar-refractivity contribution in [2.75, 3.05) is 11.9 Å². The summed E-state index contributed by atoms with van der Waals surface area (Å²) in [7, 11) is 0. The molecule has 0 aromatic carbocycles. The molecule has 5 heteroatoms. The standard InChI is InChI=1S/C7H12N4O/c1-3-4-8-6-5(2)10-11-7(12)9-6/h3-4H2,1-2H3,(H2,8,9,11,12). The van der Waals surface area contributed by atoms with E-state index < -0.39 is 5.69 Å². The maximum atomic E-state index is 10.7. The second-order valence-corrected chi connectivity index (χ2v) is 2.50. The second-order valence-electron chi connectivity index (χ2n) is 2.50. The molecule has 0 radical (unpaired) electrons. The fraction of sp³-hybridized carbons (Fsp3) is 0.571. The molecule has 0 amide bonds. The lowest BCUT2D eigenvalue weighted by Crippen LogP contribution is -2.17. The van der Waals surface area contributed by atoms with E-state index in [4.69, 9.17) is 0 Å². The molecule has 0 fully saturated rings. The summed E-state index contributed by atoms with van der Waals surface area (Å²) >= 11 is 0. The van der Waals surface area contributed by atoms with Gasteiger partial charge < -0.3 is 5.32 Å². The van der Waals surface area contributed by atoms with Crippen molar-refractivity contribution in [2.45, 2.75) is 20.3 Å². The van der Waals surface area contributed by atoms with Gasteiger partial charge in [-0.2, -0.15) is 10.1 Å². The Morgan fingerprint density at radius 2 is 2.33 bits per heavy atom. The van der Waals surface area contributed by atoms with Crippen LogP contribution >= 0.6 is 0 Å². The van der Waals surface area contributed by atoms with E-state index in [2.05, 4.69) is 20.5 Å². The van der Waals surface area contributed by atoms with Crippen LogP contribution in [0.5, 0.6) is 0 Å². The topological polar surface area (TPSA) is 70.7 Å². The van der Waals surface area contributed by atoms with E-state index in [0.29, 0.717) is 11.5 Å². The number of H-pyrrole nitrogens is 1. The van der Waals surface area contributed by atoms with Crippen LogP contribution in [0.3, 0.4) is 0 Å². The Bertz CT molecular complexity index is 307. The first-order valence-corrected chi connectivity index (χ1v) is 3.91. The normalized spacial score (nSPS) is 9.83. The summed E-state index contributed by atoms with van der Waals surface area (Å²) in [6, 6.07) is 0. The number of rotatable bonds is 3. The van der Waals surface area contributed by atoms with Crippen molar-refractivity contribution in [1.29, 1.82) is 0 Å². The summed E-state index contributed by atoms with van der Waals surface area (Å²) < 4.78 is 0. The summed E-state index contributed by atoms with van der Waals surface area (Å²) in [6.07, 6.45) is 0.994. The van der Waals surface area contributed by atoms with E-state index >= 15 is 0 Å². The maximum absolute atomic E-state index is 10.7. The number of hydrogen-bond donors (Lipinski definition) is 2. The molecule has 0 saturated carbocycles. The van der Waals surface area contributed by atoms with E-state index in [1.807, 2.05) is 6.92 Å². The molecule has 0 aliphatic rings. The molecule has 12 heavy (non-hydrogen) atoms. The third-order valence-electron chi connectivity index (χ3n) is 1.42. The Hall–Kier alpha value is -1.39. The van der Waals surface area contributed by atoms with E-state index in [1.165, 1.54) is 0 Å². The lowest BCUT2D eigenvalue weighted by atomic mass is 10.4. The van der Waals surface area contributed by atoms with Gasteiger partial charge in [-0.15, -0.1) is 0 Å². The first kappa shape index (κ1) is 8.70. The zero-order valence-electron chi connectivity index (χ0n) is 7.22. The fourth-order valence-electron chi connectivity index (χ4n) is 0.803. The van der Waals surface area contributed by atoms with Crippen molar-refractivity contribution >= 4 is 5.82 Å². The molecule has 0 spiro atoms. The summed E-state index contributed by atoms with van der Waals surface area (Å²) in [4.78, 5) is 14.5. The molecule has 1 rings (SSSR count). The molecule has 1 aromatic heterocycles. The minimum absolute atomic E-state index is 0.417. The number of hydrogen-bond acceptors (Lipinski definition) is 4. The summed E-state index contributed by atoms with van der Waals surface area (Å²) in [5.41, 5.74) is 0.294. The number of nitrogens with zero attached hydrogens (tertiary/aromatic N) is 2. The SMILES string of the molecule is CCCNc1nc(=O)[nH]nc1C. The van der Waals surface area contributed by atoms with Gasteiger partial charge in [-0.25, -0.2) is 9.89 Å². The van der Waals surface area contributed by atoms with Crippen LogP contribution in [0.15, 0.2) is 4.79 Å². The van der Waals surface area contributed by atoms with Gasteiger partial charge in [0.1, 0.15) is 5.69 Å². The Morgan fingerprint density at radius 3 is 3.00 bits per heavy atom. The van der Waals surface area contributed by atoms with Crippen molar-refractivity contribution in [3.05, 3.63) is 16.2 Å². The van der Waals surface area contributed by atoms with Gasteiger partial charge in [0.15, 0.2) is 5.82 Å². The van der Waals surface area contributed by atoms with E-state index in [0.717, 1.165) is 13.0 Å². The molecule has 0 unspecified atom stereocenters. The predicted molar refractivity (Wildman–Crippen MR) is 46.2 cm³/mol. The van der Waals surface area contributed by atoms with Gasteiger partial charge in [0.05, 0.1) is 0 Å². The monoisotopic (exact) mass is 168 g/mol.